The van der Waals surface area contributed by atoms with Crippen LogP contribution in [0.3, 0.4) is 0 Å². The van der Waals surface area contributed by atoms with Gasteiger partial charge in [0.15, 0.2) is 0 Å². The topological polar surface area (TPSA) is 103 Å². The standard InChI is InChI=1S/C23H22ClN3O5S/c24-18-6-4-17(5-7-18)23(22-3-1-2-14-25-22)32-20-12-15-26(16-13-20)33(30,31)21-10-8-19(9-11-21)27(28)29/h1-11,14,20,23H,12-13,15-16H2/t23-/m0/s1. The quantitative estimate of drug-likeness (QED) is 0.356. The summed E-state index contributed by atoms with van der Waals surface area (Å²) in [5.74, 6) is 0. The predicted molar refractivity (Wildman–Crippen MR) is 123 cm³/mol. The minimum atomic E-state index is -3.74. The molecule has 4 rings (SSSR count). The Morgan fingerprint density at radius 3 is 2.27 bits per heavy atom. The third kappa shape index (κ3) is 5.39. The van der Waals surface area contributed by atoms with Gasteiger partial charge in [0.2, 0.25) is 10.0 Å². The normalized spacial score (nSPS) is 16.4. The third-order valence-electron chi connectivity index (χ3n) is 5.54. The van der Waals surface area contributed by atoms with E-state index in [1.165, 1.54) is 28.6 Å². The fraction of sp³-hybridized carbons (Fsp3) is 0.261. The van der Waals surface area contributed by atoms with Crippen molar-refractivity contribution in [3.05, 3.63) is 99.3 Å². The smallest absolute Gasteiger partial charge is 0.269 e. The number of ether oxygens (including phenoxy) is 1. The highest BCUT2D eigenvalue weighted by Crippen LogP contribution is 2.31. The van der Waals surface area contributed by atoms with Crippen LogP contribution in [0.5, 0.6) is 0 Å². The van der Waals surface area contributed by atoms with E-state index in [1.807, 2.05) is 30.3 Å². The highest BCUT2D eigenvalue weighted by atomic mass is 35.5. The number of pyridine rings is 1. The van der Waals surface area contributed by atoms with Crippen LogP contribution in [0.4, 0.5) is 5.69 Å². The molecule has 0 saturated carbocycles. The van der Waals surface area contributed by atoms with E-state index in [4.69, 9.17) is 16.3 Å². The molecule has 0 N–H and O–H groups in total. The van der Waals surface area contributed by atoms with Crippen LogP contribution in [-0.2, 0) is 14.8 Å². The van der Waals surface area contributed by atoms with Crippen molar-refractivity contribution in [1.82, 2.24) is 9.29 Å². The van der Waals surface area contributed by atoms with E-state index in [0.717, 1.165) is 11.3 Å². The molecule has 33 heavy (non-hydrogen) atoms. The van der Waals surface area contributed by atoms with Crippen molar-refractivity contribution in [1.29, 1.82) is 0 Å². The van der Waals surface area contributed by atoms with Gasteiger partial charge in [0.25, 0.3) is 5.69 Å². The second kappa shape index (κ2) is 9.96. The molecule has 2 heterocycles. The van der Waals surface area contributed by atoms with Gasteiger partial charge < -0.3 is 4.74 Å². The summed E-state index contributed by atoms with van der Waals surface area (Å²) >= 11 is 6.04. The number of aromatic nitrogens is 1. The van der Waals surface area contributed by atoms with Crippen LogP contribution in [0.15, 0.2) is 77.8 Å². The number of halogens is 1. The van der Waals surface area contributed by atoms with Crippen molar-refractivity contribution in [3.8, 4) is 0 Å². The number of rotatable bonds is 7. The molecule has 1 aromatic heterocycles. The first-order valence-electron chi connectivity index (χ1n) is 10.4. The molecule has 0 aliphatic carbocycles. The molecule has 1 atom stereocenters. The molecule has 0 unspecified atom stereocenters. The largest absolute Gasteiger partial charge is 0.364 e. The second-order valence-electron chi connectivity index (χ2n) is 7.68. The Balaban J connectivity index is 1.46. The van der Waals surface area contributed by atoms with Crippen molar-refractivity contribution >= 4 is 27.3 Å². The van der Waals surface area contributed by atoms with Gasteiger partial charge in [-0.1, -0.05) is 29.8 Å². The second-order valence-corrected chi connectivity index (χ2v) is 10.1. The Hall–Kier alpha value is -2.85. The first-order valence-corrected chi connectivity index (χ1v) is 12.2. The molecule has 1 aliphatic rings. The van der Waals surface area contributed by atoms with E-state index in [9.17, 15) is 18.5 Å². The Bertz CT molecular complexity index is 1200. The summed E-state index contributed by atoms with van der Waals surface area (Å²) in [5.41, 5.74) is 1.53. The van der Waals surface area contributed by atoms with Gasteiger partial charge in [0, 0.05) is 36.4 Å². The van der Waals surface area contributed by atoms with Crippen LogP contribution >= 0.6 is 11.6 Å². The molecule has 172 valence electrons. The average molecular weight is 488 g/mol. The fourth-order valence-corrected chi connectivity index (χ4v) is 5.37. The minimum Gasteiger partial charge on any atom is -0.364 e. The van der Waals surface area contributed by atoms with Crippen LogP contribution in [0, 0.1) is 10.1 Å². The molecule has 0 amide bonds. The number of nitro benzene ring substituents is 1. The van der Waals surface area contributed by atoms with Gasteiger partial charge >= 0.3 is 0 Å². The SMILES string of the molecule is O=[N+]([O-])c1ccc(S(=O)(=O)N2CCC(O[C@@H](c3ccc(Cl)cc3)c3ccccn3)CC2)cc1. The van der Waals surface area contributed by atoms with E-state index < -0.39 is 21.1 Å². The van der Waals surface area contributed by atoms with Gasteiger partial charge in [0.05, 0.1) is 21.6 Å². The Morgan fingerprint density at radius 1 is 1.03 bits per heavy atom. The molecule has 3 aromatic rings. The molecule has 0 spiro atoms. The van der Waals surface area contributed by atoms with Gasteiger partial charge in [-0.15, -0.1) is 0 Å². The number of piperidine rings is 1. The van der Waals surface area contributed by atoms with Crippen LogP contribution in [0.25, 0.3) is 0 Å². The average Bonchev–Trinajstić information content (AvgIpc) is 2.84. The van der Waals surface area contributed by atoms with E-state index in [0.29, 0.717) is 31.0 Å². The highest BCUT2D eigenvalue weighted by molar-refractivity contribution is 7.89. The van der Waals surface area contributed by atoms with Gasteiger partial charge in [-0.2, -0.15) is 4.31 Å². The zero-order valence-electron chi connectivity index (χ0n) is 17.6. The predicted octanol–water partition coefficient (Wildman–Crippen LogP) is 4.60. The fourth-order valence-electron chi connectivity index (χ4n) is 3.78. The van der Waals surface area contributed by atoms with E-state index in [-0.39, 0.29) is 16.7 Å². The van der Waals surface area contributed by atoms with E-state index in [2.05, 4.69) is 4.98 Å². The first kappa shape index (κ1) is 23.3. The number of hydrogen-bond donors (Lipinski definition) is 0. The Morgan fingerprint density at radius 2 is 1.70 bits per heavy atom. The maximum atomic E-state index is 13.0. The zero-order valence-corrected chi connectivity index (χ0v) is 19.2. The van der Waals surface area contributed by atoms with Crippen LogP contribution in [-0.4, -0.2) is 41.8 Å². The van der Waals surface area contributed by atoms with Crippen LogP contribution < -0.4 is 0 Å². The molecule has 8 nitrogen and oxygen atoms in total. The summed E-state index contributed by atoms with van der Waals surface area (Å²) in [6, 6.07) is 18.0. The van der Waals surface area contributed by atoms with Crippen molar-refractivity contribution in [2.75, 3.05) is 13.1 Å². The molecule has 1 saturated heterocycles. The third-order valence-corrected chi connectivity index (χ3v) is 7.71. The van der Waals surface area contributed by atoms with Gasteiger partial charge in [0.1, 0.15) is 6.10 Å². The Labute approximate surface area is 197 Å². The molecular formula is C23H22ClN3O5S. The summed E-state index contributed by atoms with van der Waals surface area (Å²) in [7, 11) is -3.74. The summed E-state index contributed by atoms with van der Waals surface area (Å²) in [6.45, 7) is 0.582. The van der Waals surface area contributed by atoms with Gasteiger partial charge in [-0.05, 0) is 54.8 Å². The Kier molecular flexibility index (Phi) is 7.04. The summed E-state index contributed by atoms with van der Waals surface area (Å²) in [4.78, 5) is 14.8. The number of nitro groups is 1. The van der Waals surface area contributed by atoms with Crippen LogP contribution in [0.1, 0.15) is 30.2 Å². The van der Waals surface area contributed by atoms with Gasteiger partial charge in [-0.3, -0.25) is 15.1 Å². The van der Waals surface area contributed by atoms with E-state index in [1.54, 1.807) is 18.3 Å². The number of nitrogens with zero attached hydrogens (tertiary/aromatic N) is 3. The lowest BCUT2D eigenvalue weighted by molar-refractivity contribution is -0.384. The molecule has 0 radical (unpaired) electrons. The maximum Gasteiger partial charge on any atom is 0.269 e. The first-order chi connectivity index (χ1) is 15.8. The zero-order chi connectivity index (χ0) is 23.4. The molecule has 1 aliphatic heterocycles. The summed E-state index contributed by atoms with van der Waals surface area (Å²) in [5, 5.41) is 11.5. The lowest BCUT2D eigenvalue weighted by atomic mass is 10.0. The molecule has 1 fully saturated rings. The number of sulfonamides is 1. The monoisotopic (exact) mass is 487 g/mol. The van der Waals surface area contributed by atoms with Crippen molar-refractivity contribution in [3.63, 3.8) is 0 Å². The van der Waals surface area contributed by atoms with Crippen LogP contribution in [0.2, 0.25) is 5.02 Å². The van der Waals surface area contributed by atoms with E-state index >= 15 is 0 Å². The summed E-state index contributed by atoms with van der Waals surface area (Å²) < 4.78 is 33.7. The minimum absolute atomic E-state index is 0.0417. The summed E-state index contributed by atoms with van der Waals surface area (Å²) in [6.07, 6.45) is 2.19. The lowest BCUT2D eigenvalue weighted by Crippen LogP contribution is -2.41. The van der Waals surface area contributed by atoms with Crippen molar-refractivity contribution < 1.29 is 18.1 Å². The molecule has 0 bridgehead atoms. The van der Waals surface area contributed by atoms with Crippen molar-refractivity contribution in [2.45, 2.75) is 29.9 Å². The molecular weight excluding hydrogens is 466 g/mol. The molecule has 10 heteroatoms. The lowest BCUT2D eigenvalue weighted by Gasteiger charge is -2.33. The number of benzene rings is 2. The highest BCUT2D eigenvalue weighted by Gasteiger charge is 2.32. The number of non-ortho nitro benzene ring substituents is 1. The number of hydrogen-bond acceptors (Lipinski definition) is 6. The maximum absolute atomic E-state index is 13.0. The van der Waals surface area contributed by atoms with Gasteiger partial charge in [-0.25, -0.2) is 8.42 Å². The molecule has 2 aromatic carbocycles. The van der Waals surface area contributed by atoms with Crippen molar-refractivity contribution in [2.24, 2.45) is 0 Å².